The minimum atomic E-state index is 0.245. The molecular formula is C16H27N. The van der Waals surface area contributed by atoms with Gasteiger partial charge in [-0.3, -0.25) is 0 Å². The van der Waals surface area contributed by atoms with Crippen molar-refractivity contribution in [3.63, 3.8) is 0 Å². The quantitative estimate of drug-likeness (QED) is 0.794. The molecule has 96 valence electrons. The Labute approximate surface area is 107 Å². The first-order chi connectivity index (χ1) is 7.95. The van der Waals surface area contributed by atoms with E-state index in [0.717, 1.165) is 12.5 Å². The average molecular weight is 233 g/mol. The van der Waals surface area contributed by atoms with E-state index in [1.165, 1.54) is 12.0 Å². The molecule has 0 aliphatic heterocycles. The van der Waals surface area contributed by atoms with Gasteiger partial charge in [-0.25, -0.2) is 0 Å². The van der Waals surface area contributed by atoms with Gasteiger partial charge in [0.05, 0.1) is 0 Å². The summed E-state index contributed by atoms with van der Waals surface area (Å²) < 4.78 is 0. The van der Waals surface area contributed by atoms with Crippen LogP contribution in [-0.4, -0.2) is 6.54 Å². The molecule has 0 aliphatic carbocycles. The predicted octanol–water partition coefficient (Wildman–Crippen LogP) is 4.41. The first kappa shape index (κ1) is 14.2. The zero-order valence-corrected chi connectivity index (χ0v) is 12.0. The van der Waals surface area contributed by atoms with Gasteiger partial charge in [0.2, 0.25) is 0 Å². The summed E-state index contributed by atoms with van der Waals surface area (Å²) in [6, 6.07) is 11.2. The molecule has 1 nitrogen and oxygen atoms in total. The Morgan fingerprint density at radius 1 is 1.12 bits per heavy atom. The molecule has 0 spiro atoms. The minimum Gasteiger partial charge on any atom is -0.309 e. The molecule has 0 saturated heterocycles. The summed E-state index contributed by atoms with van der Waals surface area (Å²) in [4.78, 5) is 0. The van der Waals surface area contributed by atoms with Crippen LogP contribution in [0.1, 0.15) is 52.6 Å². The van der Waals surface area contributed by atoms with Gasteiger partial charge in [-0.2, -0.15) is 0 Å². The highest BCUT2D eigenvalue weighted by Crippen LogP contribution is 2.32. The molecule has 0 amide bonds. The number of rotatable bonds is 5. The third-order valence-corrected chi connectivity index (χ3v) is 3.37. The molecule has 0 radical (unpaired) electrons. The van der Waals surface area contributed by atoms with Crippen LogP contribution < -0.4 is 5.32 Å². The van der Waals surface area contributed by atoms with Gasteiger partial charge in [0.25, 0.3) is 0 Å². The highest BCUT2D eigenvalue weighted by atomic mass is 14.9. The number of hydrogen-bond acceptors (Lipinski definition) is 1. The van der Waals surface area contributed by atoms with E-state index >= 15 is 0 Å². The topological polar surface area (TPSA) is 12.0 Å². The van der Waals surface area contributed by atoms with Crippen LogP contribution in [0.25, 0.3) is 0 Å². The Kier molecular flexibility index (Phi) is 5.20. The molecule has 0 saturated carbocycles. The van der Waals surface area contributed by atoms with E-state index in [-0.39, 0.29) is 5.41 Å². The average Bonchev–Trinajstić information content (AvgIpc) is 2.28. The van der Waals surface area contributed by atoms with Gasteiger partial charge in [-0.05, 0) is 23.4 Å². The van der Waals surface area contributed by atoms with E-state index < -0.39 is 0 Å². The molecule has 1 aromatic rings. The van der Waals surface area contributed by atoms with Crippen molar-refractivity contribution in [3.8, 4) is 0 Å². The zero-order valence-electron chi connectivity index (χ0n) is 12.0. The lowest BCUT2D eigenvalue weighted by Crippen LogP contribution is -2.34. The van der Waals surface area contributed by atoms with Gasteiger partial charge >= 0.3 is 0 Å². The number of hydrogen-bond donors (Lipinski definition) is 1. The summed E-state index contributed by atoms with van der Waals surface area (Å²) in [6.45, 7) is 12.5. The maximum Gasteiger partial charge on any atom is 0.0369 e. The summed E-state index contributed by atoms with van der Waals surface area (Å²) in [5, 5.41) is 3.73. The Morgan fingerprint density at radius 2 is 1.71 bits per heavy atom. The van der Waals surface area contributed by atoms with Crippen LogP contribution in [0.15, 0.2) is 30.3 Å². The molecule has 17 heavy (non-hydrogen) atoms. The van der Waals surface area contributed by atoms with Crippen LogP contribution in [-0.2, 0) is 0 Å². The lowest BCUT2D eigenvalue weighted by molar-refractivity contribution is 0.261. The van der Waals surface area contributed by atoms with Gasteiger partial charge in [0, 0.05) is 6.04 Å². The summed E-state index contributed by atoms with van der Waals surface area (Å²) >= 11 is 0. The summed E-state index contributed by atoms with van der Waals surface area (Å²) in [6.07, 6.45) is 1.23. The van der Waals surface area contributed by atoms with Crippen molar-refractivity contribution in [2.45, 2.75) is 47.1 Å². The molecule has 1 aromatic carbocycles. The van der Waals surface area contributed by atoms with E-state index in [0.29, 0.717) is 6.04 Å². The maximum absolute atomic E-state index is 3.73. The third kappa shape index (κ3) is 4.51. The first-order valence-electron chi connectivity index (χ1n) is 6.73. The van der Waals surface area contributed by atoms with Crippen molar-refractivity contribution in [1.82, 2.24) is 5.32 Å². The van der Waals surface area contributed by atoms with Gasteiger partial charge in [-0.1, -0.05) is 71.4 Å². The molecule has 0 bridgehead atoms. The Balaban J connectivity index is 2.76. The molecule has 1 N–H and O–H groups in total. The van der Waals surface area contributed by atoms with Gasteiger partial charge in [0.1, 0.15) is 0 Å². The van der Waals surface area contributed by atoms with Crippen molar-refractivity contribution in [3.05, 3.63) is 35.9 Å². The van der Waals surface area contributed by atoms with E-state index in [2.05, 4.69) is 70.3 Å². The van der Waals surface area contributed by atoms with Gasteiger partial charge < -0.3 is 5.32 Å². The van der Waals surface area contributed by atoms with E-state index in [4.69, 9.17) is 0 Å². The van der Waals surface area contributed by atoms with Crippen LogP contribution >= 0.6 is 0 Å². The van der Waals surface area contributed by atoms with Crippen LogP contribution in [0, 0.1) is 11.3 Å². The number of nitrogens with one attached hydrogen (secondary N) is 1. The fourth-order valence-electron chi connectivity index (χ4n) is 2.03. The van der Waals surface area contributed by atoms with Crippen molar-refractivity contribution in [1.29, 1.82) is 0 Å². The van der Waals surface area contributed by atoms with E-state index in [1.807, 2.05) is 0 Å². The van der Waals surface area contributed by atoms with Crippen LogP contribution in [0.4, 0.5) is 0 Å². The second-order valence-corrected chi connectivity index (χ2v) is 6.13. The van der Waals surface area contributed by atoms with Crippen LogP contribution in [0.2, 0.25) is 0 Å². The van der Waals surface area contributed by atoms with Gasteiger partial charge in [0.15, 0.2) is 0 Å². The predicted molar refractivity (Wildman–Crippen MR) is 76.1 cm³/mol. The van der Waals surface area contributed by atoms with Crippen molar-refractivity contribution >= 4 is 0 Å². The second kappa shape index (κ2) is 6.20. The highest BCUT2D eigenvalue weighted by molar-refractivity contribution is 5.20. The van der Waals surface area contributed by atoms with Crippen molar-refractivity contribution < 1.29 is 0 Å². The zero-order chi connectivity index (χ0) is 12.9. The summed E-state index contributed by atoms with van der Waals surface area (Å²) in [7, 11) is 0. The Bertz CT molecular complexity index is 310. The monoisotopic (exact) mass is 233 g/mol. The largest absolute Gasteiger partial charge is 0.309 e. The Morgan fingerprint density at radius 3 is 2.18 bits per heavy atom. The lowest BCUT2D eigenvalue weighted by atomic mass is 9.82. The fraction of sp³-hybridized carbons (Fsp3) is 0.625. The van der Waals surface area contributed by atoms with Crippen molar-refractivity contribution in [2.24, 2.45) is 11.3 Å². The van der Waals surface area contributed by atoms with Crippen LogP contribution in [0.3, 0.4) is 0 Å². The van der Waals surface area contributed by atoms with E-state index in [1.54, 1.807) is 0 Å². The highest BCUT2D eigenvalue weighted by Gasteiger charge is 2.25. The summed E-state index contributed by atoms with van der Waals surface area (Å²) in [5.74, 6) is 0.739. The fourth-order valence-corrected chi connectivity index (χ4v) is 2.03. The van der Waals surface area contributed by atoms with Gasteiger partial charge in [-0.15, -0.1) is 0 Å². The molecule has 0 heterocycles. The summed E-state index contributed by atoms with van der Waals surface area (Å²) in [5.41, 5.74) is 1.64. The molecule has 0 aromatic heterocycles. The SMILES string of the molecule is CCC(C)CNC(c1ccccc1)C(C)(C)C. The molecule has 0 aliphatic rings. The van der Waals surface area contributed by atoms with Crippen molar-refractivity contribution in [2.75, 3.05) is 6.54 Å². The Hall–Kier alpha value is -0.820. The van der Waals surface area contributed by atoms with E-state index in [9.17, 15) is 0 Å². The smallest absolute Gasteiger partial charge is 0.0369 e. The maximum atomic E-state index is 3.73. The molecule has 1 rings (SSSR count). The molecule has 2 unspecified atom stereocenters. The third-order valence-electron chi connectivity index (χ3n) is 3.37. The first-order valence-corrected chi connectivity index (χ1v) is 6.73. The normalized spacial score (nSPS) is 15.6. The standard InChI is InChI=1S/C16H27N/c1-6-13(2)12-17-15(16(3,4)5)14-10-8-7-9-11-14/h7-11,13,15,17H,6,12H2,1-5H3. The molecule has 2 atom stereocenters. The lowest BCUT2D eigenvalue weighted by Gasteiger charge is -2.33. The molecule has 1 heteroatoms. The minimum absolute atomic E-state index is 0.245. The molecule has 0 fully saturated rings. The number of benzene rings is 1. The second-order valence-electron chi connectivity index (χ2n) is 6.13. The van der Waals surface area contributed by atoms with Crippen LogP contribution in [0.5, 0.6) is 0 Å². The molecular weight excluding hydrogens is 206 g/mol.